The van der Waals surface area contributed by atoms with Crippen molar-refractivity contribution >= 4 is 5.96 Å². The van der Waals surface area contributed by atoms with E-state index in [0.29, 0.717) is 6.54 Å². The van der Waals surface area contributed by atoms with E-state index in [-0.39, 0.29) is 0 Å². The maximum Gasteiger partial charge on any atom is 0.191 e. The molecule has 5 nitrogen and oxygen atoms in total. The Balaban J connectivity index is 1.53. The minimum atomic E-state index is 0.715. The number of benzene rings is 2. The highest BCUT2D eigenvalue weighted by Gasteiger charge is 2.02. The van der Waals surface area contributed by atoms with Crippen molar-refractivity contribution < 1.29 is 0 Å². The number of nitrogens with one attached hydrogen (secondary N) is 2. The summed E-state index contributed by atoms with van der Waals surface area (Å²) in [6.07, 6.45) is 3.71. The second-order valence-electron chi connectivity index (χ2n) is 5.82. The van der Waals surface area contributed by atoms with Crippen LogP contribution in [0, 0.1) is 6.92 Å². The zero-order valence-corrected chi connectivity index (χ0v) is 14.6. The Morgan fingerprint density at radius 3 is 2.44 bits per heavy atom. The van der Waals surface area contributed by atoms with Gasteiger partial charge in [-0.25, -0.2) is 4.68 Å². The number of aromatic nitrogens is 2. The third-order valence-electron chi connectivity index (χ3n) is 4.10. The van der Waals surface area contributed by atoms with E-state index in [2.05, 4.69) is 76.2 Å². The molecule has 2 aromatic carbocycles. The smallest absolute Gasteiger partial charge is 0.191 e. The summed E-state index contributed by atoms with van der Waals surface area (Å²) in [6, 6.07) is 18.6. The summed E-state index contributed by atoms with van der Waals surface area (Å²) in [5.74, 6) is 0.791. The number of rotatable bonds is 5. The first kappa shape index (κ1) is 16.8. The molecule has 0 unspecified atom stereocenters. The Bertz CT molecular complexity index is 820. The van der Waals surface area contributed by atoms with Crippen LogP contribution < -0.4 is 10.6 Å². The maximum atomic E-state index is 4.29. The topological polar surface area (TPSA) is 54.2 Å². The van der Waals surface area contributed by atoms with E-state index in [1.807, 2.05) is 16.9 Å². The number of guanidine groups is 1. The SMILES string of the molecule is CN=C(NCc1ccc(-n2cccn2)cc1)NCc1ccccc1C. The molecule has 0 aliphatic carbocycles. The van der Waals surface area contributed by atoms with Crippen molar-refractivity contribution in [3.05, 3.63) is 83.7 Å². The molecule has 0 amide bonds. The van der Waals surface area contributed by atoms with Gasteiger partial charge < -0.3 is 10.6 Å². The lowest BCUT2D eigenvalue weighted by molar-refractivity contribution is 0.805. The summed E-state index contributed by atoms with van der Waals surface area (Å²) >= 11 is 0. The van der Waals surface area contributed by atoms with Crippen molar-refractivity contribution in [2.75, 3.05) is 7.05 Å². The van der Waals surface area contributed by atoms with E-state index in [4.69, 9.17) is 0 Å². The number of aryl methyl sites for hydroxylation is 1. The van der Waals surface area contributed by atoms with Crippen LogP contribution in [0.25, 0.3) is 5.69 Å². The van der Waals surface area contributed by atoms with Gasteiger partial charge in [-0.1, -0.05) is 36.4 Å². The standard InChI is InChI=1S/C20H23N5/c1-16-6-3-4-7-18(16)15-23-20(21-2)22-14-17-8-10-19(11-9-17)25-13-5-12-24-25/h3-13H,14-15H2,1-2H3,(H2,21,22,23). The van der Waals surface area contributed by atoms with E-state index in [0.717, 1.165) is 18.2 Å². The molecule has 5 heteroatoms. The van der Waals surface area contributed by atoms with Crippen molar-refractivity contribution in [2.45, 2.75) is 20.0 Å². The van der Waals surface area contributed by atoms with Gasteiger partial charge in [0, 0.05) is 32.5 Å². The Hall–Kier alpha value is -3.08. The van der Waals surface area contributed by atoms with E-state index >= 15 is 0 Å². The van der Waals surface area contributed by atoms with Gasteiger partial charge in [-0.3, -0.25) is 4.99 Å². The first-order valence-electron chi connectivity index (χ1n) is 8.34. The van der Waals surface area contributed by atoms with Crippen LogP contribution in [0.2, 0.25) is 0 Å². The van der Waals surface area contributed by atoms with Crippen LogP contribution in [-0.2, 0) is 13.1 Å². The second kappa shape index (κ2) is 8.15. The maximum absolute atomic E-state index is 4.29. The molecule has 0 bridgehead atoms. The molecule has 3 rings (SSSR count). The van der Waals surface area contributed by atoms with Crippen LogP contribution in [0.15, 0.2) is 72.0 Å². The van der Waals surface area contributed by atoms with Crippen LogP contribution in [0.3, 0.4) is 0 Å². The van der Waals surface area contributed by atoms with Crippen LogP contribution in [0.1, 0.15) is 16.7 Å². The van der Waals surface area contributed by atoms with Gasteiger partial charge in [0.25, 0.3) is 0 Å². The average molecular weight is 333 g/mol. The Kier molecular flexibility index (Phi) is 5.46. The summed E-state index contributed by atoms with van der Waals surface area (Å²) in [7, 11) is 1.79. The summed E-state index contributed by atoms with van der Waals surface area (Å²) < 4.78 is 1.85. The van der Waals surface area contributed by atoms with Crippen molar-refractivity contribution in [1.29, 1.82) is 0 Å². The average Bonchev–Trinajstić information content (AvgIpc) is 3.18. The van der Waals surface area contributed by atoms with Gasteiger partial charge in [0.15, 0.2) is 5.96 Å². The predicted octanol–water partition coefficient (Wildman–Crippen LogP) is 3.05. The highest BCUT2D eigenvalue weighted by atomic mass is 15.3. The molecule has 128 valence electrons. The fraction of sp³-hybridized carbons (Fsp3) is 0.200. The van der Waals surface area contributed by atoms with Crippen molar-refractivity contribution in [1.82, 2.24) is 20.4 Å². The van der Waals surface area contributed by atoms with Crippen LogP contribution >= 0.6 is 0 Å². The fourth-order valence-electron chi connectivity index (χ4n) is 2.58. The van der Waals surface area contributed by atoms with E-state index < -0.39 is 0 Å². The largest absolute Gasteiger partial charge is 0.352 e. The van der Waals surface area contributed by atoms with Gasteiger partial charge in [0.1, 0.15) is 0 Å². The molecule has 0 saturated carbocycles. The summed E-state index contributed by atoms with van der Waals surface area (Å²) in [4.78, 5) is 4.29. The van der Waals surface area contributed by atoms with Gasteiger partial charge in [-0.2, -0.15) is 5.10 Å². The van der Waals surface area contributed by atoms with Crippen molar-refractivity contribution in [2.24, 2.45) is 4.99 Å². The van der Waals surface area contributed by atoms with Gasteiger partial charge >= 0.3 is 0 Å². The lowest BCUT2D eigenvalue weighted by atomic mass is 10.1. The van der Waals surface area contributed by atoms with Gasteiger partial charge in [0.2, 0.25) is 0 Å². The first-order chi connectivity index (χ1) is 12.3. The van der Waals surface area contributed by atoms with E-state index in [9.17, 15) is 0 Å². The molecule has 0 spiro atoms. The number of hydrogen-bond donors (Lipinski definition) is 2. The molecule has 1 heterocycles. The lowest BCUT2D eigenvalue weighted by Crippen LogP contribution is -2.36. The molecule has 0 saturated heterocycles. The third kappa shape index (κ3) is 4.47. The Labute approximate surface area is 148 Å². The Morgan fingerprint density at radius 1 is 1.00 bits per heavy atom. The minimum absolute atomic E-state index is 0.715. The zero-order chi connectivity index (χ0) is 17.5. The van der Waals surface area contributed by atoms with E-state index in [1.165, 1.54) is 16.7 Å². The van der Waals surface area contributed by atoms with Gasteiger partial charge in [-0.05, 0) is 41.8 Å². The first-order valence-corrected chi connectivity index (χ1v) is 8.34. The molecule has 0 atom stereocenters. The number of hydrogen-bond acceptors (Lipinski definition) is 2. The highest BCUT2D eigenvalue weighted by molar-refractivity contribution is 5.79. The predicted molar refractivity (Wildman–Crippen MR) is 102 cm³/mol. The van der Waals surface area contributed by atoms with Gasteiger partial charge in [-0.15, -0.1) is 0 Å². The third-order valence-corrected chi connectivity index (χ3v) is 4.10. The monoisotopic (exact) mass is 333 g/mol. The molecular formula is C20H23N5. The van der Waals surface area contributed by atoms with Crippen LogP contribution in [0.4, 0.5) is 0 Å². The molecular weight excluding hydrogens is 310 g/mol. The van der Waals surface area contributed by atoms with Crippen LogP contribution in [0.5, 0.6) is 0 Å². The van der Waals surface area contributed by atoms with Gasteiger partial charge in [0.05, 0.1) is 5.69 Å². The molecule has 0 fully saturated rings. The quantitative estimate of drug-likeness (QED) is 0.557. The molecule has 25 heavy (non-hydrogen) atoms. The molecule has 0 aliphatic heterocycles. The highest BCUT2D eigenvalue weighted by Crippen LogP contribution is 2.09. The summed E-state index contributed by atoms with van der Waals surface area (Å²) in [5, 5.41) is 10.9. The minimum Gasteiger partial charge on any atom is -0.352 e. The normalized spacial score (nSPS) is 11.4. The van der Waals surface area contributed by atoms with E-state index in [1.54, 1.807) is 13.2 Å². The molecule has 0 aliphatic rings. The molecule has 1 aromatic heterocycles. The summed E-state index contributed by atoms with van der Waals surface area (Å²) in [5.41, 5.74) is 4.79. The molecule has 0 radical (unpaired) electrons. The van der Waals surface area contributed by atoms with Crippen LogP contribution in [-0.4, -0.2) is 22.8 Å². The Morgan fingerprint density at radius 2 is 1.76 bits per heavy atom. The zero-order valence-electron chi connectivity index (χ0n) is 14.6. The second-order valence-corrected chi connectivity index (χ2v) is 5.82. The number of nitrogens with zero attached hydrogens (tertiary/aromatic N) is 3. The lowest BCUT2D eigenvalue weighted by Gasteiger charge is -2.13. The molecule has 3 aromatic rings. The van der Waals surface area contributed by atoms with Crippen molar-refractivity contribution in [3.8, 4) is 5.69 Å². The molecule has 2 N–H and O–H groups in total. The summed E-state index contributed by atoms with van der Waals surface area (Å²) in [6.45, 7) is 3.59. The fourth-order valence-corrected chi connectivity index (χ4v) is 2.58. The number of aliphatic imine (C=N–C) groups is 1. The van der Waals surface area contributed by atoms with Crippen molar-refractivity contribution in [3.63, 3.8) is 0 Å².